The SMILES string of the molecule is CCCS(=O)(=O)Nc1ccc(C(=O)N2CCC(CN)CC2)cc1. The first-order valence-electron chi connectivity index (χ1n) is 8.05. The molecule has 3 N–H and O–H groups in total. The Hall–Kier alpha value is -1.60. The lowest BCUT2D eigenvalue weighted by Crippen LogP contribution is -2.40. The molecule has 1 saturated heterocycles. The van der Waals surface area contributed by atoms with E-state index in [1.165, 1.54) is 0 Å². The maximum absolute atomic E-state index is 12.4. The molecule has 6 nitrogen and oxygen atoms in total. The van der Waals surface area contributed by atoms with E-state index in [2.05, 4.69) is 4.72 Å². The van der Waals surface area contributed by atoms with Crippen LogP contribution in [0.3, 0.4) is 0 Å². The molecule has 1 aliphatic rings. The molecule has 2 rings (SSSR count). The number of sulfonamides is 1. The number of nitrogens with two attached hydrogens (primary N) is 1. The molecule has 0 radical (unpaired) electrons. The largest absolute Gasteiger partial charge is 0.339 e. The molecule has 1 aromatic carbocycles. The van der Waals surface area contributed by atoms with Gasteiger partial charge in [0.25, 0.3) is 5.91 Å². The van der Waals surface area contributed by atoms with Crippen LogP contribution in [0.15, 0.2) is 24.3 Å². The minimum Gasteiger partial charge on any atom is -0.339 e. The number of hydrogen-bond donors (Lipinski definition) is 2. The second-order valence-corrected chi connectivity index (χ2v) is 7.81. The standard InChI is InChI=1S/C16H25N3O3S/c1-2-11-23(21,22)18-15-5-3-14(4-6-15)16(20)19-9-7-13(12-17)8-10-19/h3-6,13,18H,2,7-12,17H2,1H3. The Labute approximate surface area is 138 Å². The van der Waals surface area contributed by atoms with Gasteiger partial charge < -0.3 is 10.6 Å². The van der Waals surface area contributed by atoms with Crippen molar-refractivity contribution in [2.75, 3.05) is 30.1 Å². The van der Waals surface area contributed by atoms with Crippen molar-refractivity contribution < 1.29 is 13.2 Å². The van der Waals surface area contributed by atoms with Gasteiger partial charge in [-0.15, -0.1) is 0 Å². The van der Waals surface area contributed by atoms with Crippen LogP contribution in [-0.4, -0.2) is 44.6 Å². The zero-order valence-electron chi connectivity index (χ0n) is 13.5. The van der Waals surface area contributed by atoms with Crippen molar-refractivity contribution in [3.63, 3.8) is 0 Å². The van der Waals surface area contributed by atoms with Gasteiger partial charge in [0.1, 0.15) is 0 Å². The fourth-order valence-corrected chi connectivity index (χ4v) is 3.87. The highest BCUT2D eigenvalue weighted by Gasteiger charge is 2.22. The topological polar surface area (TPSA) is 92.5 Å². The van der Waals surface area contributed by atoms with Crippen LogP contribution in [0.5, 0.6) is 0 Å². The van der Waals surface area contributed by atoms with Crippen molar-refractivity contribution in [1.29, 1.82) is 0 Å². The van der Waals surface area contributed by atoms with Crippen LogP contribution in [-0.2, 0) is 10.0 Å². The summed E-state index contributed by atoms with van der Waals surface area (Å²) in [5.41, 5.74) is 6.73. The number of carbonyl (C=O) groups excluding carboxylic acids is 1. The number of rotatable bonds is 6. The lowest BCUT2D eigenvalue weighted by molar-refractivity contribution is 0.0693. The average molecular weight is 339 g/mol. The quantitative estimate of drug-likeness (QED) is 0.824. The fraction of sp³-hybridized carbons (Fsp3) is 0.562. The molecule has 1 aliphatic heterocycles. The van der Waals surface area contributed by atoms with E-state index in [0.29, 0.717) is 30.1 Å². The number of nitrogens with one attached hydrogen (secondary N) is 1. The van der Waals surface area contributed by atoms with Gasteiger partial charge in [0.15, 0.2) is 0 Å². The molecule has 1 fully saturated rings. The highest BCUT2D eigenvalue weighted by atomic mass is 32.2. The first kappa shape index (κ1) is 17.7. The number of likely N-dealkylation sites (tertiary alicyclic amines) is 1. The molecule has 23 heavy (non-hydrogen) atoms. The van der Waals surface area contributed by atoms with E-state index >= 15 is 0 Å². The predicted octanol–water partition coefficient (Wildman–Crippen LogP) is 1.65. The Bertz CT molecular complexity index is 620. The summed E-state index contributed by atoms with van der Waals surface area (Å²) in [6, 6.07) is 6.60. The Balaban J connectivity index is 1.98. The highest BCUT2D eigenvalue weighted by Crippen LogP contribution is 2.19. The van der Waals surface area contributed by atoms with Gasteiger partial charge in [-0.05, 0) is 56.0 Å². The lowest BCUT2D eigenvalue weighted by atomic mass is 9.96. The van der Waals surface area contributed by atoms with Crippen LogP contribution in [0, 0.1) is 5.92 Å². The smallest absolute Gasteiger partial charge is 0.253 e. The summed E-state index contributed by atoms with van der Waals surface area (Å²) in [6.45, 7) is 3.95. The molecule has 1 heterocycles. The monoisotopic (exact) mass is 339 g/mol. The van der Waals surface area contributed by atoms with E-state index in [-0.39, 0.29) is 11.7 Å². The Morgan fingerprint density at radius 3 is 2.39 bits per heavy atom. The van der Waals surface area contributed by atoms with Gasteiger partial charge in [0.2, 0.25) is 10.0 Å². The van der Waals surface area contributed by atoms with Crippen LogP contribution < -0.4 is 10.5 Å². The summed E-state index contributed by atoms with van der Waals surface area (Å²) >= 11 is 0. The summed E-state index contributed by atoms with van der Waals surface area (Å²) < 4.78 is 26.0. The maximum atomic E-state index is 12.4. The second-order valence-electron chi connectivity index (χ2n) is 5.97. The van der Waals surface area contributed by atoms with Crippen molar-refractivity contribution in [2.45, 2.75) is 26.2 Å². The maximum Gasteiger partial charge on any atom is 0.253 e. The van der Waals surface area contributed by atoms with E-state index in [1.54, 1.807) is 24.3 Å². The molecule has 7 heteroatoms. The first-order chi connectivity index (χ1) is 10.9. The average Bonchev–Trinajstić information content (AvgIpc) is 2.54. The number of nitrogens with zero attached hydrogens (tertiary/aromatic N) is 1. The van der Waals surface area contributed by atoms with Crippen LogP contribution in [0.1, 0.15) is 36.5 Å². The number of amides is 1. The number of hydrogen-bond acceptors (Lipinski definition) is 4. The molecule has 0 atom stereocenters. The Kier molecular flexibility index (Phi) is 6.01. The van der Waals surface area contributed by atoms with E-state index in [4.69, 9.17) is 5.73 Å². The lowest BCUT2D eigenvalue weighted by Gasteiger charge is -2.31. The fourth-order valence-electron chi connectivity index (χ4n) is 2.73. The van der Waals surface area contributed by atoms with Crippen molar-refractivity contribution >= 4 is 21.6 Å². The normalized spacial score (nSPS) is 16.3. The molecule has 1 aromatic rings. The first-order valence-corrected chi connectivity index (χ1v) is 9.70. The van der Waals surface area contributed by atoms with Crippen LogP contribution >= 0.6 is 0 Å². The predicted molar refractivity (Wildman–Crippen MR) is 91.8 cm³/mol. The van der Waals surface area contributed by atoms with E-state index in [1.807, 2.05) is 11.8 Å². The van der Waals surface area contributed by atoms with Gasteiger partial charge in [-0.3, -0.25) is 9.52 Å². The third-order valence-electron chi connectivity index (χ3n) is 4.11. The van der Waals surface area contributed by atoms with Gasteiger partial charge in [-0.25, -0.2) is 8.42 Å². The number of carbonyl (C=O) groups is 1. The molecule has 0 spiro atoms. The number of piperidine rings is 1. The molecular formula is C16H25N3O3S. The zero-order valence-corrected chi connectivity index (χ0v) is 14.3. The van der Waals surface area contributed by atoms with Gasteiger partial charge in [-0.1, -0.05) is 6.92 Å². The van der Waals surface area contributed by atoms with Gasteiger partial charge in [0.05, 0.1) is 5.75 Å². The van der Waals surface area contributed by atoms with Crippen LogP contribution in [0.4, 0.5) is 5.69 Å². The van der Waals surface area contributed by atoms with Crippen molar-refractivity contribution in [3.8, 4) is 0 Å². The van der Waals surface area contributed by atoms with Crippen molar-refractivity contribution in [2.24, 2.45) is 11.7 Å². The van der Waals surface area contributed by atoms with Gasteiger partial charge in [-0.2, -0.15) is 0 Å². The summed E-state index contributed by atoms with van der Waals surface area (Å²) in [5.74, 6) is 0.585. The van der Waals surface area contributed by atoms with Gasteiger partial charge in [0, 0.05) is 24.3 Å². The molecule has 128 valence electrons. The molecule has 0 unspecified atom stereocenters. The summed E-state index contributed by atoms with van der Waals surface area (Å²) in [4.78, 5) is 14.3. The molecule has 0 bridgehead atoms. The van der Waals surface area contributed by atoms with E-state index in [9.17, 15) is 13.2 Å². The van der Waals surface area contributed by atoms with E-state index < -0.39 is 10.0 Å². The molecule has 0 aromatic heterocycles. The van der Waals surface area contributed by atoms with Gasteiger partial charge >= 0.3 is 0 Å². The Morgan fingerprint density at radius 1 is 1.26 bits per heavy atom. The zero-order chi connectivity index (χ0) is 16.9. The molecule has 0 saturated carbocycles. The summed E-state index contributed by atoms with van der Waals surface area (Å²) in [5, 5.41) is 0. The molecule has 1 amide bonds. The minimum absolute atomic E-state index is 0.0107. The van der Waals surface area contributed by atoms with E-state index in [0.717, 1.165) is 25.9 Å². The third kappa shape index (κ3) is 4.94. The Morgan fingerprint density at radius 2 is 1.87 bits per heavy atom. The van der Waals surface area contributed by atoms with Crippen molar-refractivity contribution in [1.82, 2.24) is 4.90 Å². The molecular weight excluding hydrogens is 314 g/mol. The number of anilines is 1. The second kappa shape index (κ2) is 7.79. The third-order valence-corrected chi connectivity index (χ3v) is 5.61. The summed E-state index contributed by atoms with van der Waals surface area (Å²) in [7, 11) is -3.30. The molecule has 0 aliphatic carbocycles. The van der Waals surface area contributed by atoms with Crippen LogP contribution in [0.2, 0.25) is 0 Å². The van der Waals surface area contributed by atoms with Crippen LogP contribution in [0.25, 0.3) is 0 Å². The summed E-state index contributed by atoms with van der Waals surface area (Å²) in [6.07, 6.45) is 2.44. The minimum atomic E-state index is -3.30. The highest BCUT2D eigenvalue weighted by molar-refractivity contribution is 7.92. The number of benzene rings is 1. The van der Waals surface area contributed by atoms with Crippen molar-refractivity contribution in [3.05, 3.63) is 29.8 Å².